The van der Waals surface area contributed by atoms with Gasteiger partial charge in [0.15, 0.2) is 0 Å². The molecule has 2 saturated heterocycles. The van der Waals surface area contributed by atoms with Gasteiger partial charge >= 0.3 is 0 Å². The Morgan fingerprint density at radius 2 is 1.96 bits per heavy atom. The first-order chi connectivity index (χ1) is 13.5. The first kappa shape index (κ1) is 19.4. The van der Waals surface area contributed by atoms with Gasteiger partial charge in [0.1, 0.15) is 10.7 Å². The first-order valence-electron chi connectivity index (χ1n) is 9.55. The summed E-state index contributed by atoms with van der Waals surface area (Å²) in [6.45, 7) is 2.19. The fourth-order valence-corrected chi connectivity index (χ4v) is 5.99. The fraction of sp³-hybridized carbons (Fsp3) is 0.474. The van der Waals surface area contributed by atoms with E-state index in [2.05, 4.69) is 9.97 Å². The van der Waals surface area contributed by atoms with Gasteiger partial charge in [-0.25, -0.2) is 13.4 Å². The number of hydrogen-bond acceptors (Lipinski definition) is 4. The van der Waals surface area contributed by atoms with E-state index in [0.717, 1.165) is 31.5 Å². The molecule has 2 fully saturated rings. The minimum atomic E-state index is -3.69. The second-order valence-electron chi connectivity index (χ2n) is 7.32. The van der Waals surface area contributed by atoms with Crippen molar-refractivity contribution in [1.29, 1.82) is 0 Å². The zero-order valence-corrected chi connectivity index (χ0v) is 17.0. The molecule has 0 saturated carbocycles. The predicted octanol–water partition coefficient (Wildman–Crippen LogP) is 2.87. The Kier molecular flexibility index (Phi) is 5.44. The van der Waals surface area contributed by atoms with Crippen molar-refractivity contribution in [2.24, 2.45) is 0 Å². The third-order valence-electron chi connectivity index (χ3n) is 5.48. The van der Waals surface area contributed by atoms with Crippen LogP contribution in [-0.2, 0) is 10.0 Å². The minimum absolute atomic E-state index is 0.0153. The quantitative estimate of drug-likeness (QED) is 0.820. The lowest BCUT2D eigenvalue weighted by Crippen LogP contribution is -2.39. The number of aromatic nitrogens is 2. The van der Waals surface area contributed by atoms with E-state index >= 15 is 0 Å². The highest BCUT2D eigenvalue weighted by atomic mass is 35.5. The summed E-state index contributed by atoms with van der Waals surface area (Å²) in [6.07, 6.45) is 7.03. The highest BCUT2D eigenvalue weighted by Crippen LogP contribution is 2.30. The standard InChI is InChI=1S/C19H23ClN4O3S/c20-16-6-5-14(12-17(16)28(26,27)24-10-1-2-11-24)19(25)23-9-3-4-15(13-23)18-21-7-8-22-18/h5-8,12,15H,1-4,9-11,13H2,(H,21,22). The molecule has 1 amide bonds. The Hall–Kier alpha value is -1.90. The van der Waals surface area contributed by atoms with E-state index in [-0.39, 0.29) is 21.7 Å². The van der Waals surface area contributed by atoms with Crippen LogP contribution < -0.4 is 0 Å². The number of carbonyl (C=O) groups excluding carboxylic acids is 1. The number of nitrogens with one attached hydrogen (secondary N) is 1. The number of piperidine rings is 1. The number of sulfonamides is 1. The average molecular weight is 423 g/mol. The Morgan fingerprint density at radius 1 is 1.18 bits per heavy atom. The summed E-state index contributed by atoms with van der Waals surface area (Å²) >= 11 is 6.20. The summed E-state index contributed by atoms with van der Waals surface area (Å²) in [6, 6.07) is 4.53. The number of imidazole rings is 1. The Labute approximate surface area is 169 Å². The molecular formula is C19H23ClN4O3S. The van der Waals surface area contributed by atoms with Crippen LogP contribution in [0.25, 0.3) is 0 Å². The van der Waals surface area contributed by atoms with Crippen LogP contribution in [0.2, 0.25) is 5.02 Å². The lowest BCUT2D eigenvalue weighted by atomic mass is 9.96. The van der Waals surface area contributed by atoms with E-state index in [0.29, 0.717) is 31.7 Å². The van der Waals surface area contributed by atoms with Crippen molar-refractivity contribution in [2.75, 3.05) is 26.2 Å². The van der Waals surface area contributed by atoms with Crippen molar-refractivity contribution in [3.63, 3.8) is 0 Å². The lowest BCUT2D eigenvalue weighted by Gasteiger charge is -2.32. The first-order valence-corrected chi connectivity index (χ1v) is 11.4. The normalized spacial score (nSPS) is 21.2. The third kappa shape index (κ3) is 3.68. The van der Waals surface area contributed by atoms with Crippen molar-refractivity contribution < 1.29 is 13.2 Å². The van der Waals surface area contributed by atoms with Crippen LogP contribution in [0.4, 0.5) is 0 Å². The molecule has 0 bridgehead atoms. The number of rotatable bonds is 4. The molecule has 0 radical (unpaired) electrons. The van der Waals surface area contributed by atoms with Crippen molar-refractivity contribution in [1.82, 2.24) is 19.2 Å². The highest BCUT2D eigenvalue weighted by molar-refractivity contribution is 7.89. The molecule has 7 nitrogen and oxygen atoms in total. The second kappa shape index (κ2) is 7.85. The summed E-state index contributed by atoms with van der Waals surface area (Å²) in [4.78, 5) is 22.3. The smallest absolute Gasteiger partial charge is 0.253 e. The molecule has 1 N–H and O–H groups in total. The van der Waals surface area contributed by atoms with Gasteiger partial charge in [-0.1, -0.05) is 11.6 Å². The molecule has 0 spiro atoms. The summed E-state index contributed by atoms with van der Waals surface area (Å²) < 4.78 is 27.3. The number of carbonyl (C=O) groups is 1. The number of hydrogen-bond donors (Lipinski definition) is 1. The fourth-order valence-electron chi connectivity index (χ4n) is 3.97. The lowest BCUT2D eigenvalue weighted by molar-refractivity contribution is 0.0704. The number of aromatic amines is 1. The van der Waals surface area contributed by atoms with Crippen LogP contribution in [0.3, 0.4) is 0 Å². The SMILES string of the molecule is O=C(c1ccc(Cl)c(S(=O)(=O)N2CCCC2)c1)N1CCCC(c2ncc[nH]2)C1. The molecule has 1 atom stereocenters. The number of halogens is 1. The second-order valence-corrected chi connectivity index (χ2v) is 9.63. The molecule has 2 aromatic rings. The Bertz CT molecular complexity index is 956. The highest BCUT2D eigenvalue weighted by Gasteiger charge is 2.31. The van der Waals surface area contributed by atoms with Crippen LogP contribution >= 0.6 is 11.6 Å². The van der Waals surface area contributed by atoms with Crippen LogP contribution in [-0.4, -0.2) is 59.7 Å². The third-order valence-corrected chi connectivity index (χ3v) is 7.86. The van der Waals surface area contributed by atoms with Gasteiger partial charge in [-0.05, 0) is 43.9 Å². The zero-order chi connectivity index (χ0) is 19.7. The molecule has 0 aliphatic carbocycles. The van der Waals surface area contributed by atoms with Gasteiger partial charge in [0, 0.05) is 50.1 Å². The predicted molar refractivity (Wildman–Crippen MR) is 106 cm³/mol. The van der Waals surface area contributed by atoms with Crippen molar-refractivity contribution in [3.8, 4) is 0 Å². The molecule has 1 aromatic heterocycles. The topological polar surface area (TPSA) is 86.4 Å². The molecule has 9 heteroatoms. The monoisotopic (exact) mass is 422 g/mol. The van der Waals surface area contributed by atoms with E-state index in [1.165, 1.54) is 16.4 Å². The maximum absolute atomic E-state index is 13.1. The molecule has 2 aliphatic rings. The maximum Gasteiger partial charge on any atom is 0.253 e. The molecule has 4 rings (SSSR count). The zero-order valence-electron chi connectivity index (χ0n) is 15.5. The maximum atomic E-state index is 13.1. The number of H-pyrrole nitrogens is 1. The largest absolute Gasteiger partial charge is 0.348 e. The molecule has 150 valence electrons. The van der Waals surface area contributed by atoms with E-state index in [4.69, 9.17) is 11.6 Å². The van der Waals surface area contributed by atoms with Crippen LogP contribution in [0, 0.1) is 0 Å². The summed E-state index contributed by atoms with van der Waals surface area (Å²) in [5.74, 6) is 0.865. The van der Waals surface area contributed by atoms with E-state index < -0.39 is 10.0 Å². The van der Waals surface area contributed by atoms with Crippen LogP contribution in [0.1, 0.15) is 47.8 Å². The van der Waals surface area contributed by atoms with Gasteiger partial charge in [-0.3, -0.25) is 4.79 Å². The van der Waals surface area contributed by atoms with Gasteiger partial charge in [0.05, 0.1) is 5.02 Å². The molecule has 28 heavy (non-hydrogen) atoms. The molecular weight excluding hydrogens is 400 g/mol. The number of benzene rings is 1. The van der Waals surface area contributed by atoms with Gasteiger partial charge in [-0.2, -0.15) is 4.31 Å². The summed E-state index contributed by atoms with van der Waals surface area (Å²) in [5.41, 5.74) is 0.349. The van der Waals surface area contributed by atoms with E-state index in [1.54, 1.807) is 23.4 Å². The molecule has 3 heterocycles. The van der Waals surface area contributed by atoms with Gasteiger partial charge in [0.2, 0.25) is 10.0 Å². The number of amides is 1. The summed E-state index contributed by atoms with van der Waals surface area (Å²) in [7, 11) is -3.69. The van der Waals surface area contributed by atoms with Gasteiger partial charge < -0.3 is 9.88 Å². The van der Waals surface area contributed by atoms with Crippen molar-refractivity contribution in [2.45, 2.75) is 36.5 Å². The summed E-state index contributed by atoms with van der Waals surface area (Å²) in [5, 5.41) is 0.149. The Morgan fingerprint density at radius 3 is 2.68 bits per heavy atom. The number of likely N-dealkylation sites (tertiary alicyclic amines) is 1. The molecule has 1 aromatic carbocycles. The average Bonchev–Trinajstić information content (AvgIpc) is 3.42. The van der Waals surface area contributed by atoms with Gasteiger partial charge in [-0.15, -0.1) is 0 Å². The Balaban J connectivity index is 1.58. The minimum Gasteiger partial charge on any atom is -0.348 e. The van der Waals surface area contributed by atoms with E-state index in [1.807, 2.05) is 0 Å². The molecule has 1 unspecified atom stereocenters. The van der Waals surface area contributed by atoms with Gasteiger partial charge in [0.25, 0.3) is 5.91 Å². The van der Waals surface area contributed by atoms with Crippen LogP contribution in [0.5, 0.6) is 0 Å². The van der Waals surface area contributed by atoms with Crippen molar-refractivity contribution >= 4 is 27.5 Å². The number of nitrogens with zero attached hydrogens (tertiary/aromatic N) is 3. The van der Waals surface area contributed by atoms with E-state index in [9.17, 15) is 13.2 Å². The molecule has 2 aliphatic heterocycles. The van der Waals surface area contributed by atoms with Crippen LogP contribution in [0.15, 0.2) is 35.5 Å². The van der Waals surface area contributed by atoms with Crippen molar-refractivity contribution in [3.05, 3.63) is 47.0 Å².